The van der Waals surface area contributed by atoms with E-state index in [1.807, 2.05) is 23.2 Å². The average molecular weight is 232 g/mol. The lowest BCUT2D eigenvalue weighted by molar-refractivity contribution is 0.0718. The molecule has 1 aromatic rings. The van der Waals surface area contributed by atoms with Gasteiger partial charge in [0.25, 0.3) is 5.91 Å². The van der Waals surface area contributed by atoms with E-state index in [1.165, 1.54) is 12.0 Å². The summed E-state index contributed by atoms with van der Waals surface area (Å²) in [6.45, 7) is 6.02. The third-order valence-corrected chi connectivity index (χ3v) is 3.32. The third kappa shape index (κ3) is 2.84. The van der Waals surface area contributed by atoms with Crippen LogP contribution in [0.2, 0.25) is 0 Å². The number of amides is 1. The van der Waals surface area contributed by atoms with E-state index in [0.29, 0.717) is 11.6 Å². The van der Waals surface area contributed by atoms with Gasteiger partial charge in [0.1, 0.15) is 5.69 Å². The lowest BCUT2D eigenvalue weighted by Crippen LogP contribution is -2.36. The molecule has 0 unspecified atom stereocenters. The van der Waals surface area contributed by atoms with E-state index in [1.54, 1.807) is 0 Å². The molecule has 92 valence electrons. The van der Waals surface area contributed by atoms with Gasteiger partial charge in [-0.15, -0.1) is 0 Å². The fourth-order valence-corrected chi connectivity index (χ4v) is 2.13. The molecular weight excluding hydrogens is 212 g/mol. The Kier molecular flexibility index (Phi) is 3.77. The first-order chi connectivity index (χ1) is 8.18. The number of nitrogens with zero attached hydrogens (tertiary/aromatic N) is 2. The van der Waals surface area contributed by atoms with Gasteiger partial charge in [-0.05, 0) is 36.8 Å². The number of aromatic nitrogens is 1. The maximum absolute atomic E-state index is 12.1. The SMILES string of the molecule is CC(C)c1ccc(C(=O)N2CCCCC2)nc1. The summed E-state index contributed by atoms with van der Waals surface area (Å²) in [6.07, 6.45) is 5.30. The highest BCUT2D eigenvalue weighted by Gasteiger charge is 2.18. The van der Waals surface area contributed by atoms with Crippen molar-refractivity contribution in [2.45, 2.75) is 39.0 Å². The van der Waals surface area contributed by atoms with E-state index in [0.717, 1.165) is 25.9 Å². The minimum absolute atomic E-state index is 0.0833. The van der Waals surface area contributed by atoms with Gasteiger partial charge in [0.2, 0.25) is 0 Å². The molecule has 17 heavy (non-hydrogen) atoms. The topological polar surface area (TPSA) is 33.2 Å². The maximum Gasteiger partial charge on any atom is 0.272 e. The fraction of sp³-hybridized carbons (Fsp3) is 0.571. The van der Waals surface area contributed by atoms with Crippen LogP contribution >= 0.6 is 0 Å². The molecule has 1 saturated heterocycles. The van der Waals surface area contributed by atoms with Crippen LogP contribution in [0.3, 0.4) is 0 Å². The lowest BCUT2D eigenvalue weighted by atomic mass is 10.1. The maximum atomic E-state index is 12.1. The summed E-state index contributed by atoms with van der Waals surface area (Å²) < 4.78 is 0. The molecule has 0 bridgehead atoms. The van der Waals surface area contributed by atoms with Crippen molar-refractivity contribution in [3.05, 3.63) is 29.6 Å². The Hall–Kier alpha value is -1.38. The standard InChI is InChI=1S/C14H20N2O/c1-11(2)12-6-7-13(15-10-12)14(17)16-8-4-3-5-9-16/h6-7,10-11H,3-5,8-9H2,1-2H3. The Morgan fingerprint density at radius 3 is 2.47 bits per heavy atom. The van der Waals surface area contributed by atoms with Gasteiger partial charge in [-0.1, -0.05) is 19.9 Å². The van der Waals surface area contributed by atoms with Crippen LogP contribution in [-0.4, -0.2) is 28.9 Å². The molecule has 3 heteroatoms. The molecule has 0 spiro atoms. The fourth-order valence-electron chi connectivity index (χ4n) is 2.13. The molecule has 1 aromatic heterocycles. The third-order valence-electron chi connectivity index (χ3n) is 3.32. The van der Waals surface area contributed by atoms with Crippen LogP contribution in [0, 0.1) is 0 Å². The van der Waals surface area contributed by atoms with Crippen molar-refractivity contribution < 1.29 is 4.79 Å². The van der Waals surface area contributed by atoms with Crippen molar-refractivity contribution in [2.75, 3.05) is 13.1 Å². The first-order valence-electron chi connectivity index (χ1n) is 6.43. The van der Waals surface area contributed by atoms with Gasteiger partial charge in [0, 0.05) is 19.3 Å². The summed E-state index contributed by atoms with van der Waals surface area (Å²) in [5, 5.41) is 0. The molecule has 0 atom stereocenters. The first-order valence-corrected chi connectivity index (χ1v) is 6.43. The summed E-state index contributed by atoms with van der Waals surface area (Å²) in [5.41, 5.74) is 1.76. The number of hydrogen-bond donors (Lipinski definition) is 0. The number of carbonyl (C=O) groups is 1. The summed E-state index contributed by atoms with van der Waals surface area (Å²) in [5.74, 6) is 0.543. The van der Waals surface area contributed by atoms with E-state index in [9.17, 15) is 4.79 Å². The van der Waals surface area contributed by atoms with E-state index < -0.39 is 0 Å². The quantitative estimate of drug-likeness (QED) is 0.785. The van der Waals surface area contributed by atoms with Crippen molar-refractivity contribution in [1.29, 1.82) is 0 Å². The molecule has 1 fully saturated rings. The first kappa shape index (κ1) is 12.1. The Labute approximate surface area is 103 Å². The predicted molar refractivity (Wildman–Crippen MR) is 68.1 cm³/mol. The van der Waals surface area contributed by atoms with Crippen molar-refractivity contribution in [2.24, 2.45) is 0 Å². The van der Waals surface area contributed by atoms with Gasteiger partial charge in [-0.25, -0.2) is 0 Å². The predicted octanol–water partition coefficient (Wildman–Crippen LogP) is 2.83. The molecule has 3 nitrogen and oxygen atoms in total. The van der Waals surface area contributed by atoms with Crippen LogP contribution in [-0.2, 0) is 0 Å². The Bertz CT molecular complexity index is 378. The molecule has 0 radical (unpaired) electrons. The minimum Gasteiger partial charge on any atom is -0.337 e. The number of pyridine rings is 1. The van der Waals surface area contributed by atoms with Crippen molar-refractivity contribution in [3.63, 3.8) is 0 Å². The summed E-state index contributed by atoms with van der Waals surface area (Å²) >= 11 is 0. The number of rotatable bonds is 2. The largest absolute Gasteiger partial charge is 0.337 e. The highest BCUT2D eigenvalue weighted by Crippen LogP contribution is 2.15. The normalized spacial score (nSPS) is 16.3. The Balaban J connectivity index is 2.08. The molecule has 1 aliphatic rings. The monoisotopic (exact) mass is 232 g/mol. The van der Waals surface area contributed by atoms with E-state index >= 15 is 0 Å². The van der Waals surface area contributed by atoms with Crippen LogP contribution in [0.15, 0.2) is 18.3 Å². The van der Waals surface area contributed by atoms with Crippen LogP contribution in [0.25, 0.3) is 0 Å². The number of hydrogen-bond acceptors (Lipinski definition) is 2. The minimum atomic E-state index is 0.0833. The van der Waals surface area contributed by atoms with Gasteiger partial charge in [-0.2, -0.15) is 0 Å². The number of piperidine rings is 1. The molecule has 0 aromatic carbocycles. The Morgan fingerprint density at radius 2 is 1.94 bits per heavy atom. The smallest absolute Gasteiger partial charge is 0.272 e. The lowest BCUT2D eigenvalue weighted by Gasteiger charge is -2.26. The zero-order valence-corrected chi connectivity index (χ0v) is 10.6. The second-order valence-corrected chi connectivity index (χ2v) is 4.98. The Morgan fingerprint density at radius 1 is 1.24 bits per heavy atom. The molecule has 0 N–H and O–H groups in total. The van der Waals surface area contributed by atoms with Crippen molar-refractivity contribution >= 4 is 5.91 Å². The van der Waals surface area contributed by atoms with E-state index in [2.05, 4.69) is 18.8 Å². The van der Waals surface area contributed by atoms with Crippen LogP contribution in [0.1, 0.15) is 55.1 Å². The molecular formula is C14H20N2O. The molecule has 2 heterocycles. The van der Waals surface area contributed by atoms with Gasteiger partial charge in [-0.3, -0.25) is 9.78 Å². The van der Waals surface area contributed by atoms with E-state index in [4.69, 9.17) is 0 Å². The second kappa shape index (κ2) is 5.30. The van der Waals surface area contributed by atoms with Gasteiger partial charge in [0.05, 0.1) is 0 Å². The molecule has 2 rings (SSSR count). The highest BCUT2D eigenvalue weighted by molar-refractivity contribution is 5.92. The molecule has 0 aliphatic carbocycles. The second-order valence-electron chi connectivity index (χ2n) is 4.98. The van der Waals surface area contributed by atoms with Crippen LogP contribution in [0.5, 0.6) is 0 Å². The van der Waals surface area contributed by atoms with Crippen LogP contribution < -0.4 is 0 Å². The van der Waals surface area contributed by atoms with E-state index in [-0.39, 0.29) is 5.91 Å². The average Bonchev–Trinajstić information content (AvgIpc) is 2.39. The number of likely N-dealkylation sites (tertiary alicyclic amines) is 1. The van der Waals surface area contributed by atoms with Gasteiger partial charge < -0.3 is 4.90 Å². The summed E-state index contributed by atoms with van der Waals surface area (Å²) in [4.78, 5) is 18.3. The van der Waals surface area contributed by atoms with Gasteiger partial charge >= 0.3 is 0 Å². The van der Waals surface area contributed by atoms with Crippen LogP contribution in [0.4, 0.5) is 0 Å². The molecule has 0 saturated carbocycles. The van der Waals surface area contributed by atoms with Crippen molar-refractivity contribution in [1.82, 2.24) is 9.88 Å². The zero-order valence-electron chi connectivity index (χ0n) is 10.6. The zero-order chi connectivity index (χ0) is 12.3. The summed E-state index contributed by atoms with van der Waals surface area (Å²) in [6, 6.07) is 3.86. The number of carbonyl (C=O) groups excluding carboxylic acids is 1. The van der Waals surface area contributed by atoms with Gasteiger partial charge in [0.15, 0.2) is 0 Å². The highest BCUT2D eigenvalue weighted by atomic mass is 16.2. The molecule has 1 amide bonds. The van der Waals surface area contributed by atoms with Crippen molar-refractivity contribution in [3.8, 4) is 0 Å². The summed E-state index contributed by atoms with van der Waals surface area (Å²) in [7, 11) is 0. The molecule has 1 aliphatic heterocycles.